The van der Waals surface area contributed by atoms with Crippen LogP contribution in [-0.2, 0) is 14.3 Å². The van der Waals surface area contributed by atoms with E-state index in [9.17, 15) is 14.4 Å². The van der Waals surface area contributed by atoms with Crippen LogP contribution in [0.25, 0.3) is 0 Å². The van der Waals surface area contributed by atoms with Gasteiger partial charge in [0, 0.05) is 20.2 Å². The SMILES string of the molecule is COc1cc(OC)cc(C(=O)OCC(=O)NCC(=O)N(C)C)c1. The molecule has 0 atom stereocenters. The second-order valence-corrected chi connectivity index (χ2v) is 4.74. The van der Waals surface area contributed by atoms with Crippen LogP contribution in [-0.4, -0.2) is 64.2 Å². The van der Waals surface area contributed by atoms with Crippen LogP contribution in [0.15, 0.2) is 18.2 Å². The minimum absolute atomic E-state index is 0.156. The Bertz CT molecular complexity index is 563. The molecule has 2 amide bonds. The maximum atomic E-state index is 11.9. The summed E-state index contributed by atoms with van der Waals surface area (Å²) in [6.45, 7) is -0.643. The standard InChI is InChI=1S/C15H20N2O6/c1-17(2)14(19)8-16-13(18)9-23-15(20)10-5-11(21-3)7-12(6-10)22-4/h5-7H,8-9H2,1-4H3,(H,16,18). The Morgan fingerprint density at radius 1 is 1.04 bits per heavy atom. The Labute approximate surface area is 134 Å². The molecule has 1 aromatic carbocycles. The highest BCUT2D eigenvalue weighted by molar-refractivity contribution is 5.92. The molecule has 0 aromatic heterocycles. The molecule has 0 aliphatic rings. The van der Waals surface area contributed by atoms with Crippen LogP contribution in [0.4, 0.5) is 0 Å². The molecule has 0 bridgehead atoms. The summed E-state index contributed by atoms with van der Waals surface area (Å²) in [6, 6.07) is 4.55. The second-order valence-electron chi connectivity index (χ2n) is 4.74. The predicted molar refractivity (Wildman–Crippen MR) is 81.5 cm³/mol. The fourth-order valence-corrected chi connectivity index (χ4v) is 1.52. The number of hydrogen-bond donors (Lipinski definition) is 1. The molecule has 1 rings (SSSR count). The number of likely N-dealkylation sites (N-methyl/N-ethyl adjacent to an activating group) is 1. The van der Waals surface area contributed by atoms with Gasteiger partial charge in [-0.3, -0.25) is 9.59 Å². The number of ether oxygens (including phenoxy) is 3. The lowest BCUT2D eigenvalue weighted by atomic mass is 10.2. The summed E-state index contributed by atoms with van der Waals surface area (Å²) in [5.74, 6) is -0.670. The van der Waals surface area contributed by atoms with Crippen LogP contribution < -0.4 is 14.8 Å². The number of carbonyl (C=O) groups is 3. The van der Waals surface area contributed by atoms with Crippen molar-refractivity contribution in [1.29, 1.82) is 0 Å². The monoisotopic (exact) mass is 324 g/mol. The molecule has 0 saturated heterocycles. The van der Waals surface area contributed by atoms with Gasteiger partial charge < -0.3 is 24.4 Å². The molecule has 0 fully saturated rings. The average molecular weight is 324 g/mol. The quantitative estimate of drug-likeness (QED) is 0.713. The molecule has 8 nitrogen and oxygen atoms in total. The van der Waals surface area contributed by atoms with Gasteiger partial charge in [0.25, 0.3) is 5.91 Å². The molecule has 0 heterocycles. The molecule has 0 radical (unpaired) electrons. The van der Waals surface area contributed by atoms with Gasteiger partial charge in [0.05, 0.1) is 26.3 Å². The van der Waals surface area contributed by atoms with Gasteiger partial charge in [0.1, 0.15) is 11.5 Å². The van der Waals surface area contributed by atoms with E-state index in [1.165, 1.54) is 31.3 Å². The first-order valence-corrected chi connectivity index (χ1v) is 6.74. The van der Waals surface area contributed by atoms with Gasteiger partial charge in [0.2, 0.25) is 5.91 Å². The molecule has 23 heavy (non-hydrogen) atoms. The first kappa shape index (κ1) is 18.3. The van der Waals surface area contributed by atoms with Crippen LogP contribution in [0.1, 0.15) is 10.4 Å². The van der Waals surface area contributed by atoms with Gasteiger partial charge in [-0.2, -0.15) is 0 Å². The summed E-state index contributed by atoms with van der Waals surface area (Å²) in [7, 11) is 6.06. The van der Waals surface area contributed by atoms with E-state index in [4.69, 9.17) is 14.2 Å². The zero-order valence-corrected chi connectivity index (χ0v) is 13.5. The third-order valence-corrected chi connectivity index (χ3v) is 2.86. The summed E-state index contributed by atoms with van der Waals surface area (Å²) in [6.07, 6.45) is 0. The number of amides is 2. The van der Waals surface area contributed by atoms with Crippen molar-refractivity contribution in [3.63, 3.8) is 0 Å². The number of benzene rings is 1. The first-order valence-electron chi connectivity index (χ1n) is 6.74. The zero-order chi connectivity index (χ0) is 17.4. The summed E-state index contributed by atoms with van der Waals surface area (Å²) < 4.78 is 15.0. The van der Waals surface area contributed by atoms with Crippen LogP contribution >= 0.6 is 0 Å². The topological polar surface area (TPSA) is 94.2 Å². The number of rotatable bonds is 7. The fraction of sp³-hybridized carbons (Fsp3) is 0.400. The molecule has 0 aliphatic heterocycles. The second kappa shape index (κ2) is 8.62. The van der Waals surface area contributed by atoms with Crippen molar-refractivity contribution in [2.45, 2.75) is 0 Å². The van der Waals surface area contributed by atoms with Crippen LogP contribution in [0, 0.1) is 0 Å². The van der Waals surface area contributed by atoms with Crippen molar-refractivity contribution >= 4 is 17.8 Å². The molecule has 126 valence electrons. The lowest BCUT2D eigenvalue weighted by Gasteiger charge is -2.11. The van der Waals surface area contributed by atoms with E-state index in [2.05, 4.69) is 5.32 Å². The van der Waals surface area contributed by atoms with Gasteiger partial charge in [0.15, 0.2) is 6.61 Å². The number of carbonyl (C=O) groups excluding carboxylic acids is 3. The highest BCUT2D eigenvalue weighted by atomic mass is 16.5. The lowest BCUT2D eigenvalue weighted by Crippen LogP contribution is -2.38. The van der Waals surface area contributed by atoms with Crippen molar-refractivity contribution in [1.82, 2.24) is 10.2 Å². The first-order chi connectivity index (χ1) is 10.9. The van der Waals surface area contributed by atoms with Gasteiger partial charge in [-0.1, -0.05) is 0 Å². The molecule has 0 aliphatic carbocycles. The third kappa shape index (κ3) is 5.85. The van der Waals surface area contributed by atoms with Crippen LogP contribution in [0.2, 0.25) is 0 Å². The molecule has 0 saturated carbocycles. The summed E-state index contributed by atoms with van der Waals surface area (Å²) in [5.41, 5.74) is 0.193. The van der Waals surface area contributed by atoms with E-state index in [1.54, 1.807) is 20.2 Å². The van der Waals surface area contributed by atoms with E-state index < -0.39 is 18.5 Å². The Hall–Kier alpha value is -2.77. The smallest absolute Gasteiger partial charge is 0.338 e. The number of hydrogen-bond acceptors (Lipinski definition) is 6. The Balaban J connectivity index is 2.56. The molecular weight excluding hydrogens is 304 g/mol. The summed E-state index contributed by atoms with van der Waals surface area (Å²) in [5, 5.41) is 2.36. The Morgan fingerprint density at radius 2 is 1.61 bits per heavy atom. The van der Waals surface area contributed by atoms with E-state index in [-0.39, 0.29) is 18.0 Å². The highest BCUT2D eigenvalue weighted by Gasteiger charge is 2.14. The number of esters is 1. The summed E-state index contributed by atoms with van der Waals surface area (Å²) in [4.78, 5) is 36.2. The fourth-order valence-electron chi connectivity index (χ4n) is 1.52. The zero-order valence-electron chi connectivity index (χ0n) is 13.5. The normalized spacial score (nSPS) is 9.74. The number of methoxy groups -OCH3 is 2. The van der Waals surface area contributed by atoms with Crippen LogP contribution in [0.5, 0.6) is 11.5 Å². The number of nitrogens with zero attached hydrogens (tertiary/aromatic N) is 1. The molecule has 1 aromatic rings. The molecule has 8 heteroatoms. The van der Waals surface area contributed by atoms with Gasteiger partial charge in [-0.15, -0.1) is 0 Å². The van der Waals surface area contributed by atoms with E-state index in [0.717, 1.165) is 0 Å². The lowest BCUT2D eigenvalue weighted by molar-refractivity contribution is -0.131. The average Bonchev–Trinajstić information content (AvgIpc) is 2.56. The van der Waals surface area contributed by atoms with Gasteiger partial charge in [-0.05, 0) is 12.1 Å². The highest BCUT2D eigenvalue weighted by Crippen LogP contribution is 2.22. The van der Waals surface area contributed by atoms with Crippen molar-refractivity contribution in [3.8, 4) is 11.5 Å². The Morgan fingerprint density at radius 3 is 2.09 bits per heavy atom. The van der Waals surface area contributed by atoms with Gasteiger partial charge >= 0.3 is 5.97 Å². The summed E-state index contributed by atoms with van der Waals surface area (Å²) >= 11 is 0. The van der Waals surface area contributed by atoms with Crippen molar-refractivity contribution < 1.29 is 28.6 Å². The Kier molecular flexibility index (Phi) is 6.85. The predicted octanol–water partition coefficient (Wildman–Crippen LogP) is 0.0650. The van der Waals surface area contributed by atoms with Crippen LogP contribution in [0.3, 0.4) is 0 Å². The molecule has 0 spiro atoms. The van der Waals surface area contributed by atoms with Crippen molar-refractivity contribution in [2.75, 3.05) is 41.5 Å². The minimum atomic E-state index is -0.698. The van der Waals surface area contributed by atoms with E-state index in [1.807, 2.05) is 0 Å². The molecule has 0 unspecified atom stereocenters. The van der Waals surface area contributed by atoms with E-state index >= 15 is 0 Å². The van der Waals surface area contributed by atoms with Crippen molar-refractivity contribution in [3.05, 3.63) is 23.8 Å². The maximum Gasteiger partial charge on any atom is 0.338 e. The minimum Gasteiger partial charge on any atom is -0.497 e. The van der Waals surface area contributed by atoms with Crippen molar-refractivity contribution in [2.24, 2.45) is 0 Å². The number of nitrogens with one attached hydrogen (secondary N) is 1. The maximum absolute atomic E-state index is 11.9. The molecular formula is C15H20N2O6. The molecule has 1 N–H and O–H groups in total. The van der Waals surface area contributed by atoms with E-state index in [0.29, 0.717) is 11.5 Å². The van der Waals surface area contributed by atoms with Gasteiger partial charge in [-0.25, -0.2) is 4.79 Å². The third-order valence-electron chi connectivity index (χ3n) is 2.86. The largest absolute Gasteiger partial charge is 0.497 e.